The van der Waals surface area contributed by atoms with Gasteiger partial charge in [0.15, 0.2) is 5.82 Å². The van der Waals surface area contributed by atoms with Crippen molar-refractivity contribution in [2.24, 2.45) is 5.92 Å². The SMILES string of the molecule is O=C(Nc1cnc2c(n1)CCCC2)[C@H]1C[C@@H]1c1cccc(F)c1. The molecular formula is C18H18FN3O. The average molecular weight is 311 g/mol. The Bertz CT molecular complexity index is 762. The highest BCUT2D eigenvalue weighted by molar-refractivity contribution is 5.94. The number of carbonyl (C=O) groups excluding carboxylic acids is 1. The van der Waals surface area contributed by atoms with Crippen molar-refractivity contribution in [2.45, 2.75) is 38.0 Å². The van der Waals surface area contributed by atoms with Crippen LogP contribution in [0.1, 0.15) is 42.1 Å². The van der Waals surface area contributed by atoms with Gasteiger partial charge in [0, 0.05) is 5.92 Å². The summed E-state index contributed by atoms with van der Waals surface area (Å²) in [5.41, 5.74) is 2.95. The van der Waals surface area contributed by atoms with Gasteiger partial charge in [-0.15, -0.1) is 0 Å². The number of hydrogen-bond donors (Lipinski definition) is 1. The summed E-state index contributed by atoms with van der Waals surface area (Å²) in [7, 11) is 0. The minimum Gasteiger partial charge on any atom is -0.309 e. The summed E-state index contributed by atoms with van der Waals surface area (Å²) >= 11 is 0. The van der Waals surface area contributed by atoms with E-state index in [2.05, 4.69) is 15.3 Å². The molecule has 23 heavy (non-hydrogen) atoms. The lowest BCUT2D eigenvalue weighted by Crippen LogP contribution is -2.17. The van der Waals surface area contributed by atoms with Crippen molar-refractivity contribution >= 4 is 11.7 Å². The predicted octanol–water partition coefficient (Wildman–Crippen LogP) is 3.24. The van der Waals surface area contributed by atoms with E-state index in [1.165, 1.54) is 12.1 Å². The molecule has 0 spiro atoms. The maximum Gasteiger partial charge on any atom is 0.229 e. The Labute approximate surface area is 134 Å². The van der Waals surface area contributed by atoms with Gasteiger partial charge in [-0.25, -0.2) is 9.37 Å². The van der Waals surface area contributed by atoms with Gasteiger partial charge < -0.3 is 5.32 Å². The molecule has 0 unspecified atom stereocenters. The van der Waals surface area contributed by atoms with Gasteiger partial charge in [-0.1, -0.05) is 12.1 Å². The fourth-order valence-electron chi connectivity index (χ4n) is 3.32. The minimum atomic E-state index is -0.255. The summed E-state index contributed by atoms with van der Waals surface area (Å²) < 4.78 is 13.3. The Morgan fingerprint density at radius 1 is 1.22 bits per heavy atom. The molecule has 2 aliphatic rings. The second kappa shape index (κ2) is 5.72. The van der Waals surface area contributed by atoms with Crippen molar-refractivity contribution in [3.8, 4) is 0 Å². The van der Waals surface area contributed by atoms with E-state index in [-0.39, 0.29) is 23.6 Å². The first-order chi connectivity index (χ1) is 11.2. The maximum absolute atomic E-state index is 13.3. The monoisotopic (exact) mass is 311 g/mol. The first-order valence-corrected chi connectivity index (χ1v) is 8.12. The first kappa shape index (κ1) is 14.3. The van der Waals surface area contributed by atoms with Crippen LogP contribution < -0.4 is 5.32 Å². The van der Waals surface area contributed by atoms with Crippen LogP contribution in [0, 0.1) is 11.7 Å². The van der Waals surface area contributed by atoms with E-state index in [4.69, 9.17) is 0 Å². The summed E-state index contributed by atoms with van der Waals surface area (Å²) in [6, 6.07) is 6.49. The summed E-state index contributed by atoms with van der Waals surface area (Å²) in [5, 5.41) is 2.86. The molecule has 1 aromatic heterocycles. The van der Waals surface area contributed by atoms with Crippen molar-refractivity contribution in [1.82, 2.24) is 9.97 Å². The van der Waals surface area contributed by atoms with Gasteiger partial charge in [-0.3, -0.25) is 9.78 Å². The molecule has 4 rings (SSSR count). The van der Waals surface area contributed by atoms with Crippen molar-refractivity contribution in [1.29, 1.82) is 0 Å². The van der Waals surface area contributed by atoms with E-state index in [0.29, 0.717) is 5.82 Å². The molecule has 2 atom stereocenters. The second-order valence-electron chi connectivity index (χ2n) is 6.35. The van der Waals surface area contributed by atoms with Gasteiger partial charge >= 0.3 is 0 Å². The molecule has 118 valence electrons. The van der Waals surface area contributed by atoms with Crippen LogP contribution >= 0.6 is 0 Å². The smallest absolute Gasteiger partial charge is 0.229 e. The summed E-state index contributed by atoms with van der Waals surface area (Å²) in [6.45, 7) is 0. The number of amides is 1. The molecule has 0 aliphatic heterocycles. The Balaban J connectivity index is 1.43. The van der Waals surface area contributed by atoms with E-state index in [9.17, 15) is 9.18 Å². The number of aryl methyl sites for hydroxylation is 2. The van der Waals surface area contributed by atoms with Crippen LogP contribution in [0.15, 0.2) is 30.5 Å². The molecule has 1 saturated carbocycles. The van der Waals surface area contributed by atoms with E-state index >= 15 is 0 Å². The fourth-order valence-corrected chi connectivity index (χ4v) is 3.32. The lowest BCUT2D eigenvalue weighted by atomic mass is 10.0. The number of nitrogens with one attached hydrogen (secondary N) is 1. The average Bonchev–Trinajstić information content (AvgIpc) is 3.35. The molecule has 4 nitrogen and oxygen atoms in total. The molecule has 5 heteroatoms. The van der Waals surface area contributed by atoms with E-state index in [0.717, 1.165) is 49.1 Å². The van der Waals surface area contributed by atoms with Crippen LogP contribution in [0.4, 0.5) is 10.2 Å². The molecule has 0 bridgehead atoms. The lowest BCUT2D eigenvalue weighted by Gasteiger charge is -2.14. The van der Waals surface area contributed by atoms with Crippen molar-refractivity contribution in [3.05, 3.63) is 53.2 Å². The molecule has 1 heterocycles. The third-order valence-electron chi connectivity index (χ3n) is 4.66. The fraction of sp³-hybridized carbons (Fsp3) is 0.389. The number of aromatic nitrogens is 2. The summed E-state index contributed by atoms with van der Waals surface area (Å²) in [5.74, 6) is 0.227. The number of anilines is 1. The minimum absolute atomic E-state index is 0.0516. The van der Waals surface area contributed by atoms with Crippen molar-refractivity contribution in [2.75, 3.05) is 5.32 Å². The van der Waals surface area contributed by atoms with Crippen LogP contribution in [0.25, 0.3) is 0 Å². The number of carbonyl (C=O) groups is 1. The molecule has 0 radical (unpaired) electrons. The Hall–Kier alpha value is -2.30. The van der Waals surface area contributed by atoms with E-state index in [1.807, 2.05) is 6.07 Å². The standard InChI is InChI=1S/C18H18FN3O/c19-12-5-3-4-11(8-12)13-9-14(13)18(23)22-17-10-20-15-6-1-2-7-16(15)21-17/h3-5,8,10,13-14H,1-2,6-7,9H2,(H,21,22,23)/t13-,14+/m1/s1. The van der Waals surface area contributed by atoms with Crippen LogP contribution in [-0.2, 0) is 17.6 Å². The second-order valence-corrected chi connectivity index (χ2v) is 6.35. The number of benzene rings is 1. The summed E-state index contributed by atoms with van der Waals surface area (Å²) in [6.07, 6.45) is 6.59. The van der Waals surface area contributed by atoms with E-state index < -0.39 is 0 Å². The molecule has 2 aromatic rings. The third-order valence-corrected chi connectivity index (χ3v) is 4.66. The first-order valence-electron chi connectivity index (χ1n) is 8.12. The van der Waals surface area contributed by atoms with Crippen LogP contribution in [-0.4, -0.2) is 15.9 Å². The number of hydrogen-bond acceptors (Lipinski definition) is 3. The van der Waals surface area contributed by atoms with Crippen LogP contribution in [0.3, 0.4) is 0 Å². The Morgan fingerprint density at radius 2 is 2.04 bits per heavy atom. The molecular weight excluding hydrogens is 293 g/mol. The van der Waals surface area contributed by atoms with Gasteiger partial charge in [0.05, 0.1) is 17.6 Å². The Kier molecular flexibility index (Phi) is 3.56. The molecule has 1 aromatic carbocycles. The van der Waals surface area contributed by atoms with Gasteiger partial charge in [0.25, 0.3) is 0 Å². The molecule has 0 saturated heterocycles. The topological polar surface area (TPSA) is 54.9 Å². The maximum atomic E-state index is 13.3. The molecule has 2 aliphatic carbocycles. The zero-order chi connectivity index (χ0) is 15.8. The molecule has 1 amide bonds. The molecule has 1 N–H and O–H groups in total. The van der Waals surface area contributed by atoms with E-state index in [1.54, 1.807) is 12.3 Å². The van der Waals surface area contributed by atoms with Crippen molar-refractivity contribution < 1.29 is 9.18 Å². The quantitative estimate of drug-likeness (QED) is 0.947. The number of fused-ring (bicyclic) bond motifs is 1. The highest BCUT2D eigenvalue weighted by Gasteiger charge is 2.44. The van der Waals surface area contributed by atoms with Crippen LogP contribution in [0.5, 0.6) is 0 Å². The highest BCUT2D eigenvalue weighted by atomic mass is 19.1. The van der Waals surface area contributed by atoms with Gasteiger partial charge in [0.2, 0.25) is 5.91 Å². The zero-order valence-corrected chi connectivity index (χ0v) is 12.8. The number of halogens is 1. The third kappa shape index (κ3) is 2.96. The van der Waals surface area contributed by atoms with Gasteiger partial charge in [-0.2, -0.15) is 0 Å². The van der Waals surface area contributed by atoms with Gasteiger partial charge in [0.1, 0.15) is 5.82 Å². The zero-order valence-electron chi connectivity index (χ0n) is 12.8. The predicted molar refractivity (Wildman–Crippen MR) is 84.6 cm³/mol. The summed E-state index contributed by atoms with van der Waals surface area (Å²) in [4.78, 5) is 21.3. The highest BCUT2D eigenvalue weighted by Crippen LogP contribution is 2.48. The largest absolute Gasteiger partial charge is 0.309 e. The van der Waals surface area contributed by atoms with Gasteiger partial charge in [-0.05, 0) is 55.7 Å². The van der Waals surface area contributed by atoms with Crippen LogP contribution in [0.2, 0.25) is 0 Å². The molecule has 1 fully saturated rings. The van der Waals surface area contributed by atoms with Crippen molar-refractivity contribution in [3.63, 3.8) is 0 Å². The Morgan fingerprint density at radius 3 is 2.87 bits per heavy atom. The lowest BCUT2D eigenvalue weighted by molar-refractivity contribution is -0.117. The number of nitrogens with zero attached hydrogens (tertiary/aromatic N) is 2. The number of rotatable bonds is 3. The normalized spacial score (nSPS) is 22.3.